The van der Waals surface area contributed by atoms with Gasteiger partial charge in [0, 0.05) is 44.3 Å². The van der Waals surface area contributed by atoms with Crippen molar-refractivity contribution in [2.75, 3.05) is 26.7 Å². The van der Waals surface area contributed by atoms with Crippen molar-refractivity contribution < 1.29 is 18.0 Å². The van der Waals surface area contributed by atoms with Crippen LogP contribution in [0, 0.1) is 5.95 Å². The molecule has 0 N–H and O–H groups in total. The fourth-order valence-corrected chi connectivity index (χ4v) is 3.38. The molecular weight excluding hydrogens is 416 g/mol. The number of hydrogen-bond donors (Lipinski definition) is 0. The van der Waals surface area contributed by atoms with E-state index in [2.05, 4.69) is 5.10 Å². The second-order valence-electron chi connectivity index (χ2n) is 6.40. The Labute approximate surface area is 169 Å². The molecule has 1 aromatic carbocycles. The quantitative estimate of drug-likeness (QED) is 0.684. The van der Waals surface area contributed by atoms with Crippen LogP contribution in [0.1, 0.15) is 28.0 Å². The summed E-state index contributed by atoms with van der Waals surface area (Å²) in [6.07, 6.45) is -3.07. The highest BCUT2D eigenvalue weighted by Gasteiger charge is 2.33. The van der Waals surface area contributed by atoms with Gasteiger partial charge in [-0.05, 0) is 17.7 Å². The van der Waals surface area contributed by atoms with E-state index in [0.717, 1.165) is 5.56 Å². The van der Waals surface area contributed by atoms with Gasteiger partial charge in [-0.15, -0.1) is 0 Å². The first-order valence-electron chi connectivity index (χ1n) is 8.36. The van der Waals surface area contributed by atoms with E-state index in [4.69, 9.17) is 23.2 Å². The first kappa shape index (κ1) is 20.5. The number of amides is 1. The average molecular weight is 433 g/mol. The first-order valence-corrected chi connectivity index (χ1v) is 9.11. The lowest BCUT2D eigenvalue weighted by Crippen LogP contribution is -2.36. The monoisotopic (exact) mass is 432 g/mol. The molecule has 5 nitrogen and oxygen atoms in total. The summed E-state index contributed by atoms with van der Waals surface area (Å²) in [4.78, 5) is 16.0. The molecule has 0 saturated carbocycles. The summed E-state index contributed by atoms with van der Waals surface area (Å²) in [6, 6.07) is 6.86. The third-order valence-electron chi connectivity index (χ3n) is 4.54. The number of carbonyl (C=O) groups excluding carboxylic acids is 1. The Balaban J connectivity index is 2.00. The Morgan fingerprint density at radius 1 is 1.14 bits per heavy atom. The van der Waals surface area contributed by atoms with Gasteiger partial charge in [0.1, 0.15) is 16.4 Å². The van der Waals surface area contributed by atoms with Gasteiger partial charge in [0.05, 0.1) is 0 Å². The normalized spacial score (nSPS) is 15.4. The van der Waals surface area contributed by atoms with E-state index in [1.807, 2.05) is 0 Å². The zero-order valence-corrected chi connectivity index (χ0v) is 16.6. The molecule has 150 valence electrons. The second-order valence-corrected chi connectivity index (χ2v) is 7.19. The van der Waals surface area contributed by atoms with Crippen molar-refractivity contribution in [3.8, 4) is 0 Å². The number of aromatic nitrogens is 2. The lowest BCUT2D eigenvalue weighted by molar-refractivity contribution is 0.0756. The van der Waals surface area contributed by atoms with E-state index < -0.39 is 29.5 Å². The number of hydrogen-bond acceptors (Lipinski definition) is 3. The minimum Gasteiger partial charge on any atom is -0.363 e. The Kier molecular flexibility index (Phi) is 5.90. The average Bonchev–Trinajstić information content (AvgIpc) is 2.87. The summed E-state index contributed by atoms with van der Waals surface area (Å²) in [5.41, 5.74) is -0.254. The molecule has 0 radical (unpaired) electrons. The van der Waals surface area contributed by atoms with Crippen molar-refractivity contribution in [3.05, 3.63) is 57.2 Å². The molecule has 0 bridgehead atoms. The zero-order valence-electron chi connectivity index (χ0n) is 15.1. The van der Waals surface area contributed by atoms with E-state index in [1.54, 1.807) is 36.2 Å². The van der Waals surface area contributed by atoms with Gasteiger partial charge in [0.15, 0.2) is 0 Å². The lowest BCUT2D eigenvalue weighted by atomic mass is 10.1. The first-order chi connectivity index (χ1) is 13.2. The SMILES string of the molecule is CN1CCN(C(=O)c2c(C(F)F)nn(C)c2F)CC(c2ccc(Cl)cc2)=C1Cl. The molecule has 1 aromatic heterocycles. The number of benzene rings is 1. The molecule has 0 saturated heterocycles. The third kappa shape index (κ3) is 3.84. The molecular formula is C18H17Cl2F3N4O. The molecule has 2 aromatic rings. The summed E-state index contributed by atoms with van der Waals surface area (Å²) in [5.74, 6) is -1.95. The molecule has 3 rings (SSSR count). The highest BCUT2D eigenvalue weighted by molar-refractivity contribution is 6.32. The van der Waals surface area contributed by atoms with Crippen LogP contribution in [0.25, 0.3) is 5.57 Å². The van der Waals surface area contributed by atoms with Crippen LogP contribution in [0.15, 0.2) is 29.4 Å². The van der Waals surface area contributed by atoms with Gasteiger partial charge in [0.2, 0.25) is 5.95 Å². The van der Waals surface area contributed by atoms with Crippen LogP contribution in [0.5, 0.6) is 0 Å². The molecule has 0 atom stereocenters. The second kappa shape index (κ2) is 8.05. The summed E-state index contributed by atoms with van der Waals surface area (Å²) < 4.78 is 41.5. The van der Waals surface area contributed by atoms with Gasteiger partial charge in [-0.3, -0.25) is 4.79 Å². The largest absolute Gasteiger partial charge is 0.363 e. The molecule has 2 heterocycles. The minimum atomic E-state index is -3.07. The van der Waals surface area contributed by atoms with Crippen molar-refractivity contribution in [2.24, 2.45) is 7.05 Å². The summed E-state index contributed by atoms with van der Waals surface area (Å²) >= 11 is 12.4. The number of rotatable bonds is 3. The van der Waals surface area contributed by atoms with Crippen LogP contribution < -0.4 is 0 Å². The van der Waals surface area contributed by atoms with E-state index >= 15 is 0 Å². The fraction of sp³-hybridized carbons (Fsp3) is 0.333. The van der Waals surface area contributed by atoms with Crippen molar-refractivity contribution in [2.45, 2.75) is 6.43 Å². The number of likely N-dealkylation sites (N-methyl/N-ethyl adjacent to an activating group) is 1. The number of carbonyl (C=O) groups is 1. The minimum absolute atomic E-state index is 0.0284. The van der Waals surface area contributed by atoms with Gasteiger partial charge >= 0.3 is 0 Å². The maximum Gasteiger partial charge on any atom is 0.283 e. The smallest absolute Gasteiger partial charge is 0.283 e. The van der Waals surface area contributed by atoms with Crippen LogP contribution >= 0.6 is 23.2 Å². The Hall–Kier alpha value is -2.19. The lowest BCUT2D eigenvalue weighted by Gasteiger charge is -2.22. The van der Waals surface area contributed by atoms with E-state index in [-0.39, 0.29) is 13.1 Å². The molecule has 0 unspecified atom stereocenters. The van der Waals surface area contributed by atoms with Crippen molar-refractivity contribution in [1.82, 2.24) is 19.6 Å². The molecule has 1 aliphatic heterocycles. The highest BCUT2D eigenvalue weighted by atomic mass is 35.5. The summed E-state index contributed by atoms with van der Waals surface area (Å²) in [6.45, 7) is 0.563. The van der Waals surface area contributed by atoms with Gasteiger partial charge in [0.25, 0.3) is 12.3 Å². The molecule has 10 heteroatoms. The Morgan fingerprint density at radius 2 is 1.79 bits per heavy atom. The van der Waals surface area contributed by atoms with Crippen LogP contribution in [0.4, 0.5) is 13.2 Å². The highest BCUT2D eigenvalue weighted by Crippen LogP contribution is 2.30. The topological polar surface area (TPSA) is 41.4 Å². The number of aryl methyl sites for hydroxylation is 1. The third-order valence-corrected chi connectivity index (χ3v) is 5.31. The van der Waals surface area contributed by atoms with E-state index in [0.29, 0.717) is 27.0 Å². The van der Waals surface area contributed by atoms with Crippen LogP contribution in [0.2, 0.25) is 5.02 Å². The van der Waals surface area contributed by atoms with Crippen LogP contribution in [-0.4, -0.2) is 52.2 Å². The van der Waals surface area contributed by atoms with Gasteiger partial charge < -0.3 is 9.80 Å². The fourth-order valence-electron chi connectivity index (χ4n) is 3.00. The predicted molar refractivity (Wildman–Crippen MR) is 101 cm³/mol. The molecule has 28 heavy (non-hydrogen) atoms. The van der Waals surface area contributed by atoms with Crippen molar-refractivity contribution in [3.63, 3.8) is 0 Å². The number of alkyl halides is 2. The van der Waals surface area contributed by atoms with Crippen LogP contribution in [-0.2, 0) is 7.05 Å². The standard InChI is InChI=1S/C18H17Cl2F3N4O/c1-25-7-8-27(9-12(15(25)20)10-3-5-11(19)6-4-10)18(28)13-14(16(21)22)24-26(2)17(13)23/h3-6,16H,7-9H2,1-2H3. The summed E-state index contributed by atoms with van der Waals surface area (Å²) in [7, 11) is 2.92. The molecule has 1 amide bonds. The van der Waals surface area contributed by atoms with E-state index in [9.17, 15) is 18.0 Å². The molecule has 0 aliphatic carbocycles. The maximum absolute atomic E-state index is 14.4. The van der Waals surface area contributed by atoms with Crippen LogP contribution in [0.3, 0.4) is 0 Å². The van der Waals surface area contributed by atoms with Gasteiger partial charge in [-0.2, -0.15) is 9.49 Å². The Morgan fingerprint density at radius 3 is 2.39 bits per heavy atom. The predicted octanol–water partition coefficient (Wildman–Crippen LogP) is 4.15. The van der Waals surface area contributed by atoms with Crippen molar-refractivity contribution >= 4 is 34.7 Å². The van der Waals surface area contributed by atoms with Gasteiger partial charge in [-0.1, -0.05) is 35.3 Å². The number of halogens is 5. The molecule has 1 aliphatic rings. The zero-order chi connectivity index (χ0) is 20.6. The molecule has 0 spiro atoms. The van der Waals surface area contributed by atoms with Crippen molar-refractivity contribution in [1.29, 1.82) is 0 Å². The maximum atomic E-state index is 14.4. The Bertz CT molecular complexity index is 928. The summed E-state index contributed by atoms with van der Waals surface area (Å²) in [5, 5.41) is 4.40. The number of nitrogens with zero attached hydrogens (tertiary/aromatic N) is 4. The van der Waals surface area contributed by atoms with Gasteiger partial charge in [-0.25, -0.2) is 13.5 Å². The molecule has 0 fully saturated rings. The van der Waals surface area contributed by atoms with E-state index in [1.165, 1.54) is 11.9 Å².